The van der Waals surface area contributed by atoms with E-state index in [1.54, 1.807) is 18.2 Å². The van der Waals surface area contributed by atoms with Gasteiger partial charge in [0.15, 0.2) is 0 Å². The smallest absolute Gasteiger partial charge is 0.214 e. The number of aromatic nitrogens is 6. The predicted octanol–water partition coefficient (Wildman–Crippen LogP) is 4.55. The number of nitrogens with zero attached hydrogens (tertiary/aromatic N) is 4. The first-order valence-electron chi connectivity index (χ1n) is 10.6. The van der Waals surface area contributed by atoms with Crippen molar-refractivity contribution in [3.05, 3.63) is 90.0 Å². The van der Waals surface area contributed by atoms with E-state index >= 15 is 0 Å². The average molecular weight is 451 g/mol. The van der Waals surface area contributed by atoms with E-state index in [-0.39, 0.29) is 17.2 Å². The molecular weight excluding hydrogens is 433 g/mol. The lowest BCUT2D eigenvalue weighted by molar-refractivity contribution is 0.103. The summed E-state index contributed by atoms with van der Waals surface area (Å²) < 4.78 is 15.7. The van der Waals surface area contributed by atoms with Crippen LogP contribution in [0.1, 0.15) is 21.9 Å². The number of halogens is 1. The third-order valence-corrected chi connectivity index (χ3v) is 5.83. The van der Waals surface area contributed by atoms with Gasteiger partial charge in [0.05, 0.1) is 40.4 Å². The highest BCUT2D eigenvalue weighted by Gasteiger charge is 2.20. The number of aryl methyl sites for hydroxylation is 1. The highest BCUT2D eigenvalue weighted by Crippen LogP contribution is 2.28. The van der Waals surface area contributed by atoms with E-state index in [2.05, 4.69) is 25.0 Å². The molecule has 0 unspecified atom stereocenters. The molecule has 4 N–H and O–H groups in total. The van der Waals surface area contributed by atoms with Crippen molar-refractivity contribution < 1.29 is 9.18 Å². The van der Waals surface area contributed by atoms with Gasteiger partial charge in [-0.3, -0.25) is 9.78 Å². The fourth-order valence-electron chi connectivity index (χ4n) is 4.17. The van der Waals surface area contributed by atoms with Crippen LogP contribution in [0.4, 0.5) is 10.2 Å². The highest BCUT2D eigenvalue weighted by molar-refractivity contribution is 6.12. The van der Waals surface area contributed by atoms with Gasteiger partial charge in [0.25, 0.3) is 0 Å². The van der Waals surface area contributed by atoms with E-state index in [1.165, 1.54) is 23.3 Å². The summed E-state index contributed by atoms with van der Waals surface area (Å²) in [6.45, 7) is 1.88. The molecule has 9 heteroatoms. The zero-order valence-corrected chi connectivity index (χ0v) is 18.0. The number of fused-ring (bicyclic) bond motifs is 2. The minimum Gasteiger partial charge on any atom is -0.383 e. The fraction of sp³-hybridized carbons (Fsp3) is 0.0400. The Hall–Kier alpha value is -4.79. The van der Waals surface area contributed by atoms with Crippen LogP contribution in [0.3, 0.4) is 0 Å². The summed E-state index contributed by atoms with van der Waals surface area (Å²) in [7, 11) is 0. The third-order valence-electron chi connectivity index (χ3n) is 5.83. The number of anilines is 1. The predicted molar refractivity (Wildman–Crippen MR) is 127 cm³/mol. The Balaban J connectivity index is 1.36. The van der Waals surface area contributed by atoms with E-state index < -0.39 is 5.82 Å². The minimum absolute atomic E-state index is 0.235. The van der Waals surface area contributed by atoms with Gasteiger partial charge in [-0.05, 0) is 48.9 Å². The topological polar surface area (TPSA) is 118 Å². The number of nitrogens with one attached hydrogen (secondary N) is 2. The Kier molecular flexibility index (Phi) is 4.31. The number of rotatable bonds is 4. The number of pyridine rings is 1. The van der Waals surface area contributed by atoms with Crippen molar-refractivity contribution >= 4 is 33.5 Å². The van der Waals surface area contributed by atoms with Crippen molar-refractivity contribution in [3.8, 4) is 16.8 Å². The molecule has 0 aliphatic rings. The molecule has 0 aliphatic carbocycles. The van der Waals surface area contributed by atoms with Crippen LogP contribution in [-0.2, 0) is 0 Å². The number of nitrogen functional groups attached to an aromatic ring is 1. The maximum Gasteiger partial charge on any atom is 0.214 e. The van der Waals surface area contributed by atoms with Gasteiger partial charge in [-0.2, -0.15) is 5.10 Å². The van der Waals surface area contributed by atoms with Crippen molar-refractivity contribution in [3.63, 3.8) is 0 Å². The van der Waals surface area contributed by atoms with Crippen LogP contribution in [0.25, 0.3) is 38.8 Å². The number of imidazole rings is 1. The first-order chi connectivity index (χ1) is 16.5. The summed E-state index contributed by atoms with van der Waals surface area (Å²) >= 11 is 0. The summed E-state index contributed by atoms with van der Waals surface area (Å²) in [6, 6.07) is 14.4. The Labute approximate surface area is 192 Å². The van der Waals surface area contributed by atoms with Gasteiger partial charge < -0.3 is 15.7 Å². The second-order valence-electron chi connectivity index (χ2n) is 8.05. The maximum atomic E-state index is 14.1. The average Bonchev–Trinajstić information content (AvgIpc) is 3.53. The number of benzene rings is 2. The Morgan fingerprint density at radius 2 is 1.91 bits per heavy atom. The van der Waals surface area contributed by atoms with Gasteiger partial charge in [-0.1, -0.05) is 12.1 Å². The lowest BCUT2D eigenvalue weighted by atomic mass is 10.1. The van der Waals surface area contributed by atoms with Crippen LogP contribution in [-0.4, -0.2) is 35.5 Å². The number of nitrogens with two attached hydrogens (primary N) is 1. The van der Waals surface area contributed by atoms with Gasteiger partial charge in [-0.25, -0.2) is 14.1 Å². The second-order valence-corrected chi connectivity index (χ2v) is 8.05. The molecule has 0 aliphatic heterocycles. The molecule has 0 saturated carbocycles. The lowest BCUT2D eigenvalue weighted by Crippen LogP contribution is -2.07. The Morgan fingerprint density at radius 1 is 1.03 bits per heavy atom. The zero-order chi connectivity index (χ0) is 23.4. The van der Waals surface area contributed by atoms with Crippen LogP contribution in [0.15, 0.2) is 67.1 Å². The van der Waals surface area contributed by atoms with Crippen molar-refractivity contribution in [1.29, 1.82) is 0 Å². The van der Waals surface area contributed by atoms with Crippen LogP contribution < -0.4 is 5.73 Å². The summed E-state index contributed by atoms with van der Waals surface area (Å²) in [4.78, 5) is 27.8. The van der Waals surface area contributed by atoms with Crippen molar-refractivity contribution in [2.45, 2.75) is 6.92 Å². The van der Waals surface area contributed by atoms with Crippen molar-refractivity contribution in [2.75, 3.05) is 5.73 Å². The summed E-state index contributed by atoms with van der Waals surface area (Å²) in [6.07, 6.45) is 4.18. The van der Waals surface area contributed by atoms with Gasteiger partial charge in [0, 0.05) is 22.7 Å². The largest absolute Gasteiger partial charge is 0.383 e. The molecule has 0 spiro atoms. The summed E-state index contributed by atoms with van der Waals surface area (Å²) in [5.41, 5.74) is 11.2. The van der Waals surface area contributed by atoms with Gasteiger partial charge in [0.2, 0.25) is 5.78 Å². The number of hydrogen-bond donors (Lipinski definition) is 3. The van der Waals surface area contributed by atoms with Gasteiger partial charge in [-0.15, -0.1) is 0 Å². The molecule has 34 heavy (non-hydrogen) atoms. The van der Waals surface area contributed by atoms with E-state index in [1.807, 2.05) is 37.3 Å². The van der Waals surface area contributed by atoms with E-state index in [4.69, 9.17) is 5.73 Å². The lowest BCUT2D eigenvalue weighted by Gasteiger charge is -2.05. The van der Waals surface area contributed by atoms with Crippen LogP contribution >= 0.6 is 0 Å². The molecule has 166 valence electrons. The Bertz CT molecular complexity index is 1730. The molecule has 0 fully saturated rings. The van der Waals surface area contributed by atoms with Crippen molar-refractivity contribution in [1.82, 2.24) is 29.7 Å². The normalized spacial score (nSPS) is 11.5. The van der Waals surface area contributed by atoms with Crippen molar-refractivity contribution in [2.24, 2.45) is 0 Å². The third kappa shape index (κ3) is 3.14. The van der Waals surface area contributed by atoms with E-state index in [9.17, 15) is 9.18 Å². The van der Waals surface area contributed by atoms with E-state index in [0.717, 1.165) is 22.2 Å². The standard InChI is InChI=1S/C25H18FN7O/c1-13-30-20-5-4-16(10-22(20)31-13)33-25(27)18(11-29-33)24(34)23-9-15-3-2-14(8-21(15)32-23)17-6-7-28-12-19(17)26/h2-12,32H,27H2,1H3,(H,30,31). The Morgan fingerprint density at radius 3 is 2.76 bits per heavy atom. The zero-order valence-electron chi connectivity index (χ0n) is 18.0. The number of ketones is 1. The molecule has 4 aromatic heterocycles. The number of carbonyl (C=O) groups is 1. The molecule has 0 amide bonds. The molecule has 0 saturated heterocycles. The second kappa shape index (κ2) is 7.38. The van der Waals surface area contributed by atoms with Crippen LogP contribution in [0, 0.1) is 12.7 Å². The van der Waals surface area contributed by atoms with Crippen LogP contribution in [0.5, 0.6) is 0 Å². The van der Waals surface area contributed by atoms with Gasteiger partial charge in [0.1, 0.15) is 17.5 Å². The highest BCUT2D eigenvalue weighted by atomic mass is 19.1. The van der Waals surface area contributed by atoms with Crippen LogP contribution in [0.2, 0.25) is 0 Å². The SMILES string of the molecule is Cc1nc2ccc(-n3ncc(C(=O)c4cc5ccc(-c6ccncc6F)cc5[nH]4)c3N)cc2[nH]1. The molecule has 8 nitrogen and oxygen atoms in total. The van der Waals surface area contributed by atoms with Gasteiger partial charge >= 0.3 is 0 Å². The fourth-order valence-corrected chi connectivity index (χ4v) is 4.17. The molecule has 2 aromatic carbocycles. The molecule has 4 heterocycles. The number of carbonyl (C=O) groups excluding carboxylic acids is 1. The molecule has 6 aromatic rings. The molecule has 0 radical (unpaired) electrons. The number of hydrogen-bond acceptors (Lipinski definition) is 5. The summed E-state index contributed by atoms with van der Waals surface area (Å²) in [5, 5.41) is 5.17. The molecule has 0 atom stereocenters. The first-order valence-corrected chi connectivity index (χ1v) is 10.6. The maximum absolute atomic E-state index is 14.1. The first kappa shape index (κ1) is 19.9. The quantitative estimate of drug-likeness (QED) is 0.340. The summed E-state index contributed by atoms with van der Waals surface area (Å²) in [5.74, 6) is 0.354. The molecule has 0 bridgehead atoms. The minimum atomic E-state index is -0.409. The molecular formula is C25H18FN7O. The number of H-pyrrole nitrogens is 2. The monoisotopic (exact) mass is 451 g/mol. The van der Waals surface area contributed by atoms with E-state index in [0.29, 0.717) is 28.0 Å². The molecule has 6 rings (SSSR count). The number of aromatic amines is 2.